The van der Waals surface area contributed by atoms with Crippen LogP contribution in [-0.2, 0) is 4.79 Å². The number of thiol groups is 1. The van der Waals surface area contributed by atoms with Gasteiger partial charge in [0.25, 0.3) is 0 Å². The van der Waals surface area contributed by atoms with Crippen molar-refractivity contribution in [3.8, 4) is 0 Å². The summed E-state index contributed by atoms with van der Waals surface area (Å²) in [4.78, 5) is 24.5. The number of hydrogen-bond donors (Lipinski definition) is 2. The Morgan fingerprint density at radius 2 is 2.00 bits per heavy atom. The van der Waals surface area contributed by atoms with Crippen molar-refractivity contribution in [2.24, 2.45) is 0 Å². The first kappa shape index (κ1) is 12.4. The van der Waals surface area contributed by atoms with E-state index in [0.717, 1.165) is 12.8 Å². The largest absolute Gasteiger partial charge is 0.333 e. The van der Waals surface area contributed by atoms with Gasteiger partial charge < -0.3 is 10.2 Å². The lowest BCUT2D eigenvalue weighted by Gasteiger charge is -2.28. The fourth-order valence-corrected chi connectivity index (χ4v) is 1.93. The average Bonchev–Trinajstić information content (AvgIpc) is 2.47. The van der Waals surface area contributed by atoms with Crippen LogP contribution in [0.1, 0.15) is 33.6 Å². The summed E-state index contributed by atoms with van der Waals surface area (Å²) in [5.74, 6) is 0. The molecule has 86 valence electrons. The topological polar surface area (TPSA) is 49.4 Å². The normalized spacial score (nSPS) is 21.6. The Kier molecular flexibility index (Phi) is 3.65. The number of nitrogens with zero attached hydrogens (tertiary/aromatic N) is 1. The van der Waals surface area contributed by atoms with Crippen LogP contribution in [-0.4, -0.2) is 34.2 Å². The second-order valence-corrected chi connectivity index (χ2v) is 5.31. The molecule has 1 fully saturated rings. The number of hydrogen-bond acceptors (Lipinski definition) is 2. The number of likely N-dealkylation sites (tertiary alicyclic amines) is 1. The molecule has 0 saturated carbocycles. The van der Waals surface area contributed by atoms with Crippen LogP contribution in [0.3, 0.4) is 0 Å². The van der Waals surface area contributed by atoms with Crippen molar-refractivity contribution in [2.75, 3.05) is 6.54 Å². The molecule has 0 aromatic carbocycles. The summed E-state index contributed by atoms with van der Waals surface area (Å²) in [5.41, 5.74) is -0.274. The van der Waals surface area contributed by atoms with Crippen LogP contribution < -0.4 is 5.32 Å². The molecule has 0 unspecified atom stereocenters. The maximum absolute atomic E-state index is 11.8. The first-order valence-electron chi connectivity index (χ1n) is 5.13. The van der Waals surface area contributed by atoms with E-state index >= 15 is 0 Å². The van der Waals surface area contributed by atoms with Crippen molar-refractivity contribution < 1.29 is 9.59 Å². The second kappa shape index (κ2) is 4.43. The van der Waals surface area contributed by atoms with Crippen molar-refractivity contribution >= 4 is 23.8 Å². The molecule has 0 bridgehead atoms. The second-order valence-electron chi connectivity index (χ2n) is 4.87. The summed E-state index contributed by atoms with van der Waals surface area (Å²) in [6, 6.07) is -0.525. The van der Waals surface area contributed by atoms with Gasteiger partial charge >= 0.3 is 6.03 Å². The highest BCUT2D eigenvalue weighted by Gasteiger charge is 2.33. The fraction of sp³-hybridized carbons (Fsp3) is 0.800. The van der Waals surface area contributed by atoms with E-state index in [9.17, 15) is 9.59 Å². The summed E-state index contributed by atoms with van der Waals surface area (Å²) in [6.45, 7) is 6.38. The molecule has 1 rings (SSSR count). The van der Waals surface area contributed by atoms with Gasteiger partial charge in [-0.25, -0.2) is 4.79 Å². The molecule has 1 aliphatic rings. The minimum atomic E-state index is -0.351. The molecule has 5 heteroatoms. The van der Waals surface area contributed by atoms with Crippen molar-refractivity contribution in [3.63, 3.8) is 0 Å². The Morgan fingerprint density at radius 3 is 2.47 bits per heavy atom. The minimum absolute atomic E-state index is 0.174. The maximum Gasteiger partial charge on any atom is 0.318 e. The van der Waals surface area contributed by atoms with Crippen molar-refractivity contribution in [3.05, 3.63) is 0 Å². The Hall–Kier alpha value is -0.710. The Labute approximate surface area is 95.8 Å². The molecule has 0 spiro atoms. The highest BCUT2D eigenvalue weighted by atomic mass is 32.1. The molecule has 1 atom stereocenters. The molecule has 0 aliphatic carbocycles. The summed E-state index contributed by atoms with van der Waals surface area (Å²) in [6.07, 6.45) is 1.59. The first-order chi connectivity index (χ1) is 6.81. The zero-order valence-electron chi connectivity index (χ0n) is 9.41. The number of nitrogens with one attached hydrogen (secondary N) is 1. The highest BCUT2D eigenvalue weighted by Crippen LogP contribution is 2.19. The van der Waals surface area contributed by atoms with Crippen LogP contribution in [0, 0.1) is 0 Å². The minimum Gasteiger partial charge on any atom is -0.333 e. The van der Waals surface area contributed by atoms with Crippen LogP contribution >= 0.6 is 12.6 Å². The lowest BCUT2D eigenvalue weighted by molar-refractivity contribution is -0.114. The smallest absolute Gasteiger partial charge is 0.318 e. The van der Waals surface area contributed by atoms with Crippen molar-refractivity contribution in [1.82, 2.24) is 10.2 Å². The Bertz CT molecular complexity index is 273. The van der Waals surface area contributed by atoms with Gasteiger partial charge in [0.05, 0.1) is 0 Å². The van der Waals surface area contributed by atoms with E-state index in [1.54, 1.807) is 4.90 Å². The third-order valence-electron chi connectivity index (χ3n) is 2.28. The quantitative estimate of drug-likeness (QED) is 0.669. The fourth-order valence-electron chi connectivity index (χ4n) is 1.66. The molecule has 15 heavy (non-hydrogen) atoms. The van der Waals surface area contributed by atoms with Gasteiger partial charge in [0.1, 0.15) is 6.04 Å². The molecule has 0 aromatic rings. The van der Waals surface area contributed by atoms with Gasteiger partial charge in [-0.15, -0.1) is 12.6 Å². The van der Waals surface area contributed by atoms with Gasteiger partial charge in [-0.3, -0.25) is 4.79 Å². The van der Waals surface area contributed by atoms with Crippen LogP contribution in [0.15, 0.2) is 0 Å². The van der Waals surface area contributed by atoms with Gasteiger partial charge in [0.15, 0.2) is 0 Å². The molecular formula is C10H18N2O2S. The molecular weight excluding hydrogens is 212 g/mol. The SMILES string of the molecule is CC(C)(C)NC(=O)N1CCC[C@H]1C(=O)S. The number of urea groups is 1. The van der Waals surface area contributed by atoms with E-state index < -0.39 is 0 Å². The number of amides is 2. The van der Waals surface area contributed by atoms with E-state index in [4.69, 9.17) is 0 Å². The van der Waals surface area contributed by atoms with Crippen LogP contribution in [0.2, 0.25) is 0 Å². The van der Waals surface area contributed by atoms with Gasteiger partial charge in [0.2, 0.25) is 5.12 Å². The lowest BCUT2D eigenvalue weighted by atomic mass is 10.1. The third-order valence-corrected chi connectivity index (χ3v) is 2.58. The van der Waals surface area contributed by atoms with E-state index in [-0.39, 0.29) is 22.7 Å². The monoisotopic (exact) mass is 230 g/mol. The van der Waals surface area contributed by atoms with E-state index in [1.165, 1.54) is 0 Å². The van der Waals surface area contributed by atoms with E-state index in [0.29, 0.717) is 6.54 Å². The summed E-state index contributed by atoms with van der Waals surface area (Å²) in [7, 11) is 0. The standard InChI is InChI=1S/C10H18N2O2S/c1-10(2,3)11-9(14)12-6-4-5-7(12)8(13)15/h7H,4-6H2,1-3H3,(H,11,14)(H,13,15)/t7-/m0/s1. The third kappa shape index (κ3) is 3.41. The lowest BCUT2D eigenvalue weighted by Crippen LogP contribution is -2.51. The van der Waals surface area contributed by atoms with E-state index in [1.807, 2.05) is 20.8 Å². The summed E-state index contributed by atoms with van der Waals surface area (Å²) >= 11 is 3.80. The first-order valence-corrected chi connectivity index (χ1v) is 5.57. The summed E-state index contributed by atoms with van der Waals surface area (Å²) in [5, 5.41) is 2.62. The van der Waals surface area contributed by atoms with Gasteiger partial charge in [-0.05, 0) is 33.6 Å². The zero-order chi connectivity index (χ0) is 11.6. The molecule has 4 nitrogen and oxygen atoms in total. The van der Waals surface area contributed by atoms with Gasteiger partial charge in [0, 0.05) is 12.1 Å². The molecule has 1 N–H and O–H groups in total. The van der Waals surface area contributed by atoms with Crippen molar-refractivity contribution in [2.45, 2.75) is 45.2 Å². The van der Waals surface area contributed by atoms with Gasteiger partial charge in [-0.2, -0.15) is 0 Å². The van der Waals surface area contributed by atoms with Gasteiger partial charge in [-0.1, -0.05) is 0 Å². The number of rotatable bonds is 1. The number of carbonyl (C=O) groups excluding carboxylic acids is 2. The van der Waals surface area contributed by atoms with Crippen LogP contribution in [0.5, 0.6) is 0 Å². The molecule has 1 heterocycles. The molecule has 1 saturated heterocycles. The predicted octanol–water partition coefficient (Wildman–Crippen LogP) is 1.42. The zero-order valence-corrected chi connectivity index (χ0v) is 10.3. The van der Waals surface area contributed by atoms with E-state index in [2.05, 4.69) is 17.9 Å². The molecule has 2 amide bonds. The molecule has 0 radical (unpaired) electrons. The molecule has 0 aromatic heterocycles. The van der Waals surface area contributed by atoms with Crippen LogP contribution in [0.25, 0.3) is 0 Å². The highest BCUT2D eigenvalue weighted by molar-refractivity contribution is 7.96. The molecule has 1 aliphatic heterocycles. The number of carbonyl (C=O) groups is 2. The van der Waals surface area contributed by atoms with Crippen LogP contribution in [0.4, 0.5) is 4.79 Å². The average molecular weight is 230 g/mol. The maximum atomic E-state index is 11.8. The predicted molar refractivity (Wildman–Crippen MR) is 62.0 cm³/mol. The van der Waals surface area contributed by atoms with Crippen molar-refractivity contribution in [1.29, 1.82) is 0 Å². The Morgan fingerprint density at radius 1 is 1.40 bits per heavy atom. The summed E-state index contributed by atoms with van der Waals surface area (Å²) < 4.78 is 0. The Balaban J connectivity index is 2.63.